The fourth-order valence-electron chi connectivity index (χ4n) is 2.30. The molecular weight excluding hydrogens is 312 g/mol. The van der Waals surface area contributed by atoms with Crippen molar-refractivity contribution in [2.75, 3.05) is 5.32 Å². The summed E-state index contributed by atoms with van der Waals surface area (Å²) in [6.45, 7) is 0. The Kier molecular flexibility index (Phi) is 3.75. The van der Waals surface area contributed by atoms with Gasteiger partial charge in [-0.15, -0.1) is 0 Å². The average Bonchev–Trinajstić information content (AvgIpc) is 3.31. The molecule has 0 aromatic heterocycles. The maximum absolute atomic E-state index is 9.39. The van der Waals surface area contributed by atoms with Gasteiger partial charge in [-0.1, -0.05) is 36.4 Å². The third-order valence-corrected chi connectivity index (χ3v) is 4.31. The van der Waals surface area contributed by atoms with Crippen LogP contribution >= 0.6 is 15.9 Å². The van der Waals surface area contributed by atoms with Crippen LogP contribution in [-0.2, 0) is 0 Å². The summed E-state index contributed by atoms with van der Waals surface area (Å²) in [4.78, 5) is 0. The Hall–Kier alpha value is -1.79. The summed E-state index contributed by atoms with van der Waals surface area (Å²) in [5.41, 5.74) is 3.34. The summed E-state index contributed by atoms with van der Waals surface area (Å²) in [5, 5.41) is 12.7. The van der Waals surface area contributed by atoms with Crippen LogP contribution < -0.4 is 5.32 Å². The Balaban J connectivity index is 1.79. The van der Waals surface area contributed by atoms with E-state index < -0.39 is 0 Å². The number of benzene rings is 2. The lowest BCUT2D eigenvalue weighted by Gasteiger charge is -2.15. The highest BCUT2D eigenvalue weighted by Crippen LogP contribution is 2.40. The van der Waals surface area contributed by atoms with E-state index in [2.05, 4.69) is 51.6 Å². The fourth-order valence-corrected chi connectivity index (χ4v) is 2.70. The van der Waals surface area contributed by atoms with Crippen molar-refractivity contribution in [1.29, 1.82) is 5.26 Å². The molecule has 1 unspecified atom stereocenters. The molecule has 2 nitrogen and oxygen atoms in total. The highest BCUT2D eigenvalue weighted by molar-refractivity contribution is 9.10. The van der Waals surface area contributed by atoms with Crippen molar-refractivity contribution in [2.45, 2.75) is 24.8 Å². The number of nitriles is 1. The van der Waals surface area contributed by atoms with Crippen LogP contribution in [0.2, 0.25) is 0 Å². The van der Waals surface area contributed by atoms with Crippen LogP contribution in [0.25, 0.3) is 0 Å². The zero-order chi connectivity index (χ0) is 13.9. The second-order valence-electron chi connectivity index (χ2n) is 5.13. The molecule has 0 aliphatic heterocycles. The van der Waals surface area contributed by atoms with Gasteiger partial charge in [0, 0.05) is 10.2 Å². The smallest absolute Gasteiger partial charge is 0.140 e. The van der Waals surface area contributed by atoms with Crippen LogP contribution in [0.15, 0.2) is 53.0 Å². The molecule has 3 rings (SSSR count). The Morgan fingerprint density at radius 1 is 1.10 bits per heavy atom. The molecule has 1 aliphatic rings. The molecule has 0 heterocycles. The minimum absolute atomic E-state index is 0.332. The predicted octanol–water partition coefficient (Wildman–Crippen LogP) is 5.00. The number of hydrogen-bond acceptors (Lipinski definition) is 2. The van der Waals surface area contributed by atoms with Crippen molar-refractivity contribution in [3.63, 3.8) is 0 Å². The molecule has 1 saturated carbocycles. The minimum atomic E-state index is -0.332. The standard InChI is InChI=1S/C17H15BrN2/c18-15-3-1-2-4-16(15)20-17(11-19)14-9-7-13(8-10-14)12-5-6-12/h1-4,7-10,12,17,20H,5-6H2. The fraction of sp³-hybridized carbons (Fsp3) is 0.235. The molecule has 1 N–H and O–H groups in total. The molecule has 1 fully saturated rings. The number of rotatable bonds is 4. The minimum Gasteiger partial charge on any atom is -0.365 e. The Morgan fingerprint density at radius 3 is 2.40 bits per heavy atom. The predicted molar refractivity (Wildman–Crippen MR) is 84.5 cm³/mol. The summed E-state index contributed by atoms with van der Waals surface area (Å²) < 4.78 is 0.967. The number of halogens is 1. The van der Waals surface area contributed by atoms with Crippen LogP contribution in [0.1, 0.15) is 35.9 Å². The van der Waals surface area contributed by atoms with Gasteiger partial charge in [0.25, 0.3) is 0 Å². The van der Waals surface area contributed by atoms with Crippen molar-refractivity contribution in [3.05, 3.63) is 64.1 Å². The van der Waals surface area contributed by atoms with Gasteiger partial charge in [0.15, 0.2) is 0 Å². The normalized spacial score (nSPS) is 15.4. The van der Waals surface area contributed by atoms with Gasteiger partial charge >= 0.3 is 0 Å². The number of nitrogens with zero attached hydrogens (tertiary/aromatic N) is 1. The Labute approximate surface area is 127 Å². The highest BCUT2D eigenvalue weighted by atomic mass is 79.9. The third-order valence-electron chi connectivity index (χ3n) is 3.62. The van der Waals surface area contributed by atoms with Gasteiger partial charge < -0.3 is 5.32 Å². The Morgan fingerprint density at radius 2 is 1.80 bits per heavy atom. The topological polar surface area (TPSA) is 35.8 Å². The quantitative estimate of drug-likeness (QED) is 0.857. The maximum Gasteiger partial charge on any atom is 0.140 e. The molecule has 1 atom stereocenters. The molecule has 0 radical (unpaired) electrons. The van der Waals surface area contributed by atoms with Gasteiger partial charge in [-0.2, -0.15) is 5.26 Å². The lowest BCUT2D eigenvalue weighted by molar-refractivity contribution is 0.989. The molecule has 2 aromatic rings. The zero-order valence-corrected chi connectivity index (χ0v) is 12.6. The van der Waals surface area contributed by atoms with Crippen molar-refractivity contribution in [2.24, 2.45) is 0 Å². The second kappa shape index (κ2) is 5.68. The number of nitrogens with one attached hydrogen (secondary N) is 1. The van der Waals surface area contributed by atoms with Crippen LogP contribution in [0, 0.1) is 11.3 Å². The molecule has 2 aromatic carbocycles. The first kappa shape index (κ1) is 13.2. The molecule has 0 saturated heterocycles. The molecule has 0 bridgehead atoms. The van der Waals surface area contributed by atoms with Gasteiger partial charge in [0.05, 0.1) is 6.07 Å². The molecule has 0 amide bonds. The summed E-state index contributed by atoms with van der Waals surface area (Å²) in [6.07, 6.45) is 2.60. The number of anilines is 1. The molecule has 1 aliphatic carbocycles. The average molecular weight is 327 g/mol. The van der Waals surface area contributed by atoms with E-state index in [0.717, 1.165) is 21.6 Å². The molecule has 0 spiro atoms. The van der Waals surface area contributed by atoms with Crippen molar-refractivity contribution in [3.8, 4) is 6.07 Å². The molecule has 3 heteroatoms. The van der Waals surface area contributed by atoms with E-state index >= 15 is 0 Å². The zero-order valence-electron chi connectivity index (χ0n) is 11.0. The lowest BCUT2D eigenvalue weighted by atomic mass is 10.0. The largest absolute Gasteiger partial charge is 0.365 e. The Bertz CT molecular complexity index is 639. The molecule has 100 valence electrons. The van der Waals surface area contributed by atoms with E-state index in [1.807, 2.05) is 24.3 Å². The number of para-hydroxylation sites is 1. The highest BCUT2D eigenvalue weighted by Gasteiger charge is 2.23. The SMILES string of the molecule is N#CC(Nc1ccccc1Br)c1ccc(C2CC2)cc1. The van der Waals surface area contributed by atoms with E-state index in [0.29, 0.717) is 0 Å². The van der Waals surface area contributed by atoms with Crippen LogP contribution in [-0.4, -0.2) is 0 Å². The lowest BCUT2D eigenvalue weighted by Crippen LogP contribution is -2.08. The summed E-state index contributed by atoms with van der Waals surface area (Å²) >= 11 is 3.49. The van der Waals surface area contributed by atoms with E-state index in [1.165, 1.54) is 18.4 Å². The van der Waals surface area contributed by atoms with Gasteiger partial charge in [0.1, 0.15) is 6.04 Å². The summed E-state index contributed by atoms with van der Waals surface area (Å²) in [5.74, 6) is 0.751. The third kappa shape index (κ3) is 2.86. The van der Waals surface area contributed by atoms with Crippen LogP contribution in [0.3, 0.4) is 0 Å². The first-order valence-electron chi connectivity index (χ1n) is 6.78. The van der Waals surface area contributed by atoms with Gasteiger partial charge in [-0.25, -0.2) is 0 Å². The first-order valence-corrected chi connectivity index (χ1v) is 7.58. The van der Waals surface area contributed by atoms with Crippen molar-refractivity contribution >= 4 is 21.6 Å². The van der Waals surface area contributed by atoms with E-state index in [-0.39, 0.29) is 6.04 Å². The van der Waals surface area contributed by atoms with Crippen molar-refractivity contribution in [1.82, 2.24) is 0 Å². The van der Waals surface area contributed by atoms with Gasteiger partial charge in [-0.3, -0.25) is 0 Å². The van der Waals surface area contributed by atoms with Gasteiger partial charge in [-0.05, 0) is 57.9 Å². The maximum atomic E-state index is 9.39. The van der Waals surface area contributed by atoms with E-state index in [9.17, 15) is 5.26 Å². The monoisotopic (exact) mass is 326 g/mol. The second-order valence-corrected chi connectivity index (χ2v) is 5.98. The summed E-state index contributed by atoms with van der Waals surface area (Å²) in [7, 11) is 0. The van der Waals surface area contributed by atoms with E-state index in [4.69, 9.17) is 0 Å². The van der Waals surface area contributed by atoms with Gasteiger partial charge in [0.2, 0.25) is 0 Å². The van der Waals surface area contributed by atoms with Crippen LogP contribution in [0.4, 0.5) is 5.69 Å². The number of hydrogen-bond donors (Lipinski definition) is 1. The summed E-state index contributed by atoms with van der Waals surface area (Å²) in [6, 6.07) is 18.3. The molecular formula is C17H15BrN2. The van der Waals surface area contributed by atoms with Crippen molar-refractivity contribution < 1.29 is 0 Å². The van der Waals surface area contributed by atoms with E-state index in [1.54, 1.807) is 0 Å². The van der Waals surface area contributed by atoms with Crippen LogP contribution in [0.5, 0.6) is 0 Å². The molecule has 20 heavy (non-hydrogen) atoms. The first-order chi connectivity index (χ1) is 9.78.